The van der Waals surface area contributed by atoms with Crippen molar-refractivity contribution in [3.63, 3.8) is 0 Å². The summed E-state index contributed by atoms with van der Waals surface area (Å²) >= 11 is 6.32. The number of benzene rings is 1. The first-order valence-electron chi connectivity index (χ1n) is 4.71. The maximum absolute atomic E-state index is 11.6. The number of esters is 1. The summed E-state index contributed by atoms with van der Waals surface area (Å²) in [6, 6.07) is 2.76. The summed E-state index contributed by atoms with van der Waals surface area (Å²) in [6.07, 6.45) is 0. The van der Waals surface area contributed by atoms with Crippen LogP contribution in [0.1, 0.15) is 22.8 Å². The molecule has 17 heavy (non-hydrogen) atoms. The predicted octanol–water partition coefficient (Wildman–Crippen LogP) is 3.43. The average molecular weight is 367 g/mol. The largest absolute Gasteiger partial charge is 0.462 e. The van der Waals surface area contributed by atoms with E-state index in [9.17, 15) is 14.9 Å². The fourth-order valence-corrected chi connectivity index (χ4v) is 2.25. The Morgan fingerprint density at radius 3 is 2.65 bits per heavy atom. The molecule has 0 aliphatic rings. The number of nitro groups is 1. The first-order chi connectivity index (χ1) is 8.01. The van der Waals surface area contributed by atoms with E-state index in [0.29, 0.717) is 15.4 Å². The van der Waals surface area contributed by atoms with Gasteiger partial charge in [0.1, 0.15) is 0 Å². The van der Waals surface area contributed by atoms with Gasteiger partial charge < -0.3 is 4.74 Å². The van der Waals surface area contributed by atoms with Crippen LogP contribution < -0.4 is 0 Å². The van der Waals surface area contributed by atoms with Gasteiger partial charge in [0, 0.05) is 11.4 Å². The number of nitrogens with zero attached hydrogens (tertiary/aromatic N) is 1. The van der Waals surface area contributed by atoms with Crippen molar-refractivity contribution in [3.8, 4) is 0 Å². The molecule has 0 atom stereocenters. The molecule has 0 radical (unpaired) electrons. The molecule has 0 aliphatic heterocycles. The molecular weight excluding hydrogens is 358 g/mol. The number of rotatable bonds is 4. The van der Waals surface area contributed by atoms with Crippen molar-refractivity contribution in [3.05, 3.63) is 37.8 Å². The minimum absolute atomic E-state index is 0.155. The molecule has 5 nitrogen and oxygen atoms in total. The maximum atomic E-state index is 11.6. The third kappa shape index (κ3) is 3.26. The van der Waals surface area contributed by atoms with E-state index in [2.05, 4.69) is 31.9 Å². The van der Waals surface area contributed by atoms with Gasteiger partial charge in [0.2, 0.25) is 0 Å². The van der Waals surface area contributed by atoms with E-state index < -0.39 is 10.9 Å². The van der Waals surface area contributed by atoms with Crippen molar-refractivity contribution in [2.24, 2.45) is 0 Å². The summed E-state index contributed by atoms with van der Waals surface area (Å²) < 4.78 is 5.19. The number of carbonyl (C=O) groups excluding carboxylic acids is 1. The van der Waals surface area contributed by atoms with Crippen LogP contribution in [0.25, 0.3) is 0 Å². The molecule has 1 aromatic rings. The Bertz CT molecular complexity index is 462. The van der Waals surface area contributed by atoms with E-state index in [1.54, 1.807) is 13.0 Å². The zero-order chi connectivity index (χ0) is 13.0. The Morgan fingerprint density at radius 1 is 1.53 bits per heavy atom. The Labute approximate surface area is 115 Å². The van der Waals surface area contributed by atoms with Crippen molar-refractivity contribution >= 4 is 43.5 Å². The first kappa shape index (κ1) is 14.1. The zero-order valence-corrected chi connectivity index (χ0v) is 12.1. The van der Waals surface area contributed by atoms with Crippen LogP contribution in [0.4, 0.5) is 5.69 Å². The van der Waals surface area contributed by atoms with E-state index in [1.165, 1.54) is 6.07 Å². The molecule has 0 aromatic heterocycles. The summed E-state index contributed by atoms with van der Waals surface area (Å²) in [5, 5.41) is 11.2. The number of hydrogen-bond acceptors (Lipinski definition) is 4. The Kier molecular flexibility index (Phi) is 5.07. The van der Waals surface area contributed by atoms with Crippen molar-refractivity contribution in [2.45, 2.75) is 12.3 Å². The highest BCUT2D eigenvalue weighted by molar-refractivity contribution is 9.10. The summed E-state index contributed by atoms with van der Waals surface area (Å²) in [7, 11) is 0. The highest BCUT2D eigenvalue weighted by Crippen LogP contribution is 2.30. The Morgan fingerprint density at radius 2 is 2.18 bits per heavy atom. The van der Waals surface area contributed by atoms with Crippen LogP contribution in [0.3, 0.4) is 0 Å². The second-order valence-electron chi connectivity index (χ2n) is 3.07. The summed E-state index contributed by atoms with van der Waals surface area (Å²) in [4.78, 5) is 21.8. The molecule has 0 amide bonds. The molecule has 0 bridgehead atoms. The highest BCUT2D eigenvalue weighted by atomic mass is 79.9. The van der Waals surface area contributed by atoms with Crippen LogP contribution in [-0.4, -0.2) is 17.5 Å². The zero-order valence-electron chi connectivity index (χ0n) is 8.91. The fraction of sp³-hybridized carbons (Fsp3) is 0.300. The standard InChI is InChI=1S/C10H9Br2NO4/c1-2-17-10(14)7-4-9(13(15)16)8(12)3-6(7)5-11/h3-4H,2,5H2,1H3. The number of carbonyl (C=O) groups is 1. The van der Waals surface area contributed by atoms with Crippen LogP contribution >= 0.6 is 31.9 Å². The van der Waals surface area contributed by atoms with E-state index in [-0.39, 0.29) is 17.9 Å². The van der Waals surface area contributed by atoms with Gasteiger partial charge in [-0.1, -0.05) is 15.9 Å². The molecule has 0 saturated heterocycles. The maximum Gasteiger partial charge on any atom is 0.338 e. The second-order valence-corrected chi connectivity index (χ2v) is 4.49. The fourth-order valence-electron chi connectivity index (χ4n) is 1.25. The lowest BCUT2D eigenvalue weighted by atomic mass is 10.1. The Balaban J connectivity index is 3.31. The van der Waals surface area contributed by atoms with E-state index >= 15 is 0 Å². The molecule has 1 rings (SSSR count). The van der Waals surface area contributed by atoms with Crippen LogP contribution in [0.5, 0.6) is 0 Å². The SMILES string of the molecule is CCOC(=O)c1cc([N+](=O)[O-])c(Br)cc1CBr. The van der Waals surface area contributed by atoms with Gasteiger partial charge in [-0.15, -0.1) is 0 Å². The second kappa shape index (κ2) is 6.11. The molecular formula is C10H9Br2NO4. The minimum Gasteiger partial charge on any atom is -0.462 e. The van der Waals surface area contributed by atoms with Crippen molar-refractivity contribution in [2.75, 3.05) is 6.61 Å². The molecule has 0 fully saturated rings. The monoisotopic (exact) mass is 365 g/mol. The smallest absolute Gasteiger partial charge is 0.338 e. The summed E-state index contributed by atoms with van der Waals surface area (Å²) in [6.45, 7) is 1.91. The lowest BCUT2D eigenvalue weighted by molar-refractivity contribution is -0.385. The first-order valence-corrected chi connectivity index (χ1v) is 6.62. The molecule has 92 valence electrons. The van der Waals surface area contributed by atoms with Gasteiger partial charge in [0.05, 0.1) is 21.6 Å². The molecule has 0 unspecified atom stereocenters. The predicted molar refractivity (Wildman–Crippen MR) is 69.4 cm³/mol. The van der Waals surface area contributed by atoms with E-state index in [0.717, 1.165) is 0 Å². The summed E-state index contributed by atoms with van der Waals surface area (Å²) in [5.41, 5.74) is 0.692. The van der Waals surface area contributed by atoms with Gasteiger partial charge in [-0.05, 0) is 34.5 Å². The number of halogens is 2. The van der Waals surface area contributed by atoms with Gasteiger partial charge >= 0.3 is 5.97 Å². The lowest BCUT2D eigenvalue weighted by Crippen LogP contribution is -2.08. The van der Waals surface area contributed by atoms with E-state index in [4.69, 9.17) is 4.74 Å². The highest BCUT2D eigenvalue weighted by Gasteiger charge is 2.20. The quantitative estimate of drug-likeness (QED) is 0.354. The van der Waals surface area contributed by atoms with Gasteiger partial charge in [0.25, 0.3) is 5.69 Å². The van der Waals surface area contributed by atoms with Crippen LogP contribution in [0.2, 0.25) is 0 Å². The summed E-state index contributed by atoms with van der Waals surface area (Å²) in [5.74, 6) is -0.558. The number of nitro benzene ring substituents is 1. The molecule has 0 N–H and O–H groups in total. The average Bonchev–Trinajstić information content (AvgIpc) is 2.28. The molecule has 0 spiro atoms. The van der Waals surface area contributed by atoms with Crippen molar-refractivity contribution in [1.29, 1.82) is 0 Å². The minimum atomic E-state index is -0.558. The third-order valence-corrected chi connectivity index (χ3v) is 3.25. The third-order valence-electron chi connectivity index (χ3n) is 2.01. The van der Waals surface area contributed by atoms with E-state index in [1.807, 2.05) is 0 Å². The van der Waals surface area contributed by atoms with Crippen LogP contribution in [-0.2, 0) is 10.1 Å². The van der Waals surface area contributed by atoms with Crippen LogP contribution in [0, 0.1) is 10.1 Å². The van der Waals surface area contributed by atoms with Crippen LogP contribution in [0.15, 0.2) is 16.6 Å². The molecule has 0 heterocycles. The van der Waals surface area contributed by atoms with Crippen molar-refractivity contribution < 1.29 is 14.5 Å². The molecule has 0 aliphatic carbocycles. The van der Waals surface area contributed by atoms with Gasteiger partial charge in [-0.25, -0.2) is 4.79 Å². The molecule has 7 heteroatoms. The van der Waals surface area contributed by atoms with Crippen molar-refractivity contribution in [1.82, 2.24) is 0 Å². The molecule has 1 aromatic carbocycles. The lowest BCUT2D eigenvalue weighted by Gasteiger charge is -2.07. The van der Waals surface area contributed by atoms with Gasteiger partial charge in [-0.2, -0.15) is 0 Å². The Hall–Kier alpha value is -0.950. The molecule has 0 saturated carbocycles. The van der Waals surface area contributed by atoms with Gasteiger partial charge in [0.15, 0.2) is 0 Å². The number of alkyl halides is 1. The number of ether oxygens (including phenoxy) is 1. The van der Waals surface area contributed by atoms with Gasteiger partial charge in [-0.3, -0.25) is 10.1 Å². The number of hydrogen-bond donors (Lipinski definition) is 0. The topological polar surface area (TPSA) is 69.4 Å². The normalized spacial score (nSPS) is 10.1.